The van der Waals surface area contributed by atoms with Crippen LogP contribution in [0.5, 0.6) is 0 Å². The standard InChI is InChI=1S/C23H35BN2O6/c1-21(2,3)30-20(28)26-11-9-25(10-12-26)18-14-16(19(27)29-8)13-17(15-18)24-31-22(4,5)23(6,7)32-24/h13-15H,9-12H2,1-8H3. The summed E-state index contributed by atoms with van der Waals surface area (Å²) in [5, 5.41) is 0. The van der Waals surface area contributed by atoms with Gasteiger partial charge in [0.1, 0.15) is 5.60 Å². The van der Waals surface area contributed by atoms with E-state index in [9.17, 15) is 9.59 Å². The summed E-state index contributed by atoms with van der Waals surface area (Å²) < 4.78 is 22.8. The number of methoxy groups -OCH3 is 1. The molecule has 8 nitrogen and oxygen atoms in total. The lowest BCUT2D eigenvalue weighted by atomic mass is 9.78. The zero-order valence-electron chi connectivity index (χ0n) is 20.5. The summed E-state index contributed by atoms with van der Waals surface area (Å²) >= 11 is 0. The van der Waals surface area contributed by atoms with Crippen LogP contribution in [0.15, 0.2) is 18.2 Å². The first-order valence-corrected chi connectivity index (χ1v) is 11.0. The number of ether oxygens (including phenoxy) is 2. The van der Waals surface area contributed by atoms with Crippen LogP contribution in [-0.2, 0) is 18.8 Å². The van der Waals surface area contributed by atoms with Gasteiger partial charge in [-0.15, -0.1) is 0 Å². The van der Waals surface area contributed by atoms with Crippen LogP contribution < -0.4 is 10.4 Å². The predicted octanol–water partition coefficient (Wildman–Crippen LogP) is 2.83. The molecular weight excluding hydrogens is 411 g/mol. The molecule has 1 amide bonds. The van der Waals surface area contributed by atoms with E-state index in [4.69, 9.17) is 18.8 Å². The summed E-state index contributed by atoms with van der Waals surface area (Å²) in [7, 11) is 0.773. The second-order valence-electron chi connectivity index (χ2n) is 10.3. The number of amides is 1. The minimum Gasteiger partial charge on any atom is -0.465 e. The van der Waals surface area contributed by atoms with E-state index in [-0.39, 0.29) is 6.09 Å². The molecular formula is C23H35BN2O6. The van der Waals surface area contributed by atoms with E-state index in [1.165, 1.54) is 7.11 Å². The van der Waals surface area contributed by atoms with Gasteiger partial charge in [-0.1, -0.05) is 0 Å². The molecule has 9 heteroatoms. The maximum atomic E-state index is 12.4. The van der Waals surface area contributed by atoms with Gasteiger partial charge in [-0.3, -0.25) is 0 Å². The monoisotopic (exact) mass is 446 g/mol. The van der Waals surface area contributed by atoms with Crippen molar-refractivity contribution in [2.75, 3.05) is 38.2 Å². The maximum absolute atomic E-state index is 12.4. The van der Waals surface area contributed by atoms with Gasteiger partial charge < -0.3 is 28.6 Å². The van der Waals surface area contributed by atoms with Crippen LogP contribution in [0.3, 0.4) is 0 Å². The van der Waals surface area contributed by atoms with Gasteiger partial charge in [-0.25, -0.2) is 9.59 Å². The Morgan fingerprint density at radius 2 is 1.53 bits per heavy atom. The van der Waals surface area contributed by atoms with Crippen molar-refractivity contribution in [2.45, 2.75) is 65.3 Å². The summed E-state index contributed by atoms with van der Waals surface area (Å²) in [6.45, 7) is 15.8. The van der Waals surface area contributed by atoms with E-state index in [0.717, 1.165) is 11.2 Å². The lowest BCUT2D eigenvalue weighted by Gasteiger charge is -2.37. The normalized spacial score (nSPS) is 20.3. The summed E-state index contributed by atoms with van der Waals surface area (Å²) in [6.07, 6.45) is -0.307. The highest BCUT2D eigenvalue weighted by molar-refractivity contribution is 6.62. The average Bonchev–Trinajstić information content (AvgIpc) is 2.93. The van der Waals surface area contributed by atoms with Gasteiger partial charge in [0.05, 0.1) is 23.9 Å². The zero-order chi connectivity index (χ0) is 23.9. The number of piperazine rings is 1. The first-order valence-electron chi connectivity index (χ1n) is 11.0. The number of hydrogen-bond acceptors (Lipinski definition) is 7. The van der Waals surface area contributed by atoms with Gasteiger partial charge in [0.15, 0.2) is 0 Å². The Morgan fingerprint density at radius 1 is 0.969 bits per heavy atom. The first-order chi connectivity index (χ1) is 14.7. The van der Waals surface area contributed by atoms with Crippen molar-refractivity contribution < 1.29 is 28.4 Å². The van der Waals surface area contributed by atoms with Gasteiger partial charge in [0.25, 0.3) is 0 Å². The maximum Gasteiger partial charge on any atom is 0.494 e. The lowest BCUT2D eigenvalue weighted by molar-refractivity contribution is 0.00578. The van der Waals surface area contributed by atoms with Crippen LogP contribution in [0.1, 0.15) is 58.8 Å². The molecule has 0 atom stereocenters. The molecule has 2 heterocycles. The third-order valence-corrected chi connectivity index (χ3v) is 6.18. The first kappa shape index (κ1) is 24.4. The van der Waals surface area contributed by atoms with Crippen molar-refractivity contribution in [1.82, 2.24) is 4.90 Å². The molecule has 1 aromatic carbocycles. The average molecular weight is 446 g/mol. The Hall–Kier alpha value is -2.26. The van der Waals surface area contributed by atoms with Crippen LogP contribution >= 0.6 is 0 Å². The zero-order valence-corrected chi connectivity index (χ0v) is 20.5. The van der Waals surface area contributed by atoms with Gasteiger partial charge in [0.2, 0.25) is 0 Å². The molecule has 32 heavy (non-hydrogen) atoms. The highest BCUT2D eigenvalue weighted by Gasteiger charge is 2.52. The van der Waals surface area contributed by atoms with Crippen LogP contribution in [0.2, 0.25) is 0 Å². The second kappa shape index (κ2) is 8.59. The van der Waals surface area contributed by atoms with Crippen molar-refractivity contribution in [1.29, 1.82) is 0 Å². The molecule has 0 unspecified atom stereocenters. The fourth-order valence-electron chi connectivity index (χ4n) is 3.64. The highest BCUT2D eigenvalue weighted by Crippen LogP contribution is 2.36. The van der Waals surface area contributed by atoms with E-state index < -0.39 is 29.9 Å². The van der Waals surface area contributed by atoms with Crippen LogP contribution in [0.25, 0.3) is 0 Å². The molecule has 2 aliphatic heterocycles. The highest BCUT2D eigenvalue weighted by atomic mass is 16.7. The third kappa shape index (κ3) is 5.21. The van der Waals surface area contributed by atoms with Crippen molar-refractivity contribution in [2.24, 2.45) is 0 Å². The van der Waals surface area contributed by atoms with Crippen molar-refractivity contribution in [3.05, 3.63) is 23.8 Å². The molecule has 2 saturated heterocycles. The summed E-state index contributed by atoms with van der Waals surface area (Å²) in [6, 6.07) is 5.55. The molecule has 0 aromatic heterocycles. The molecule has 0 saturated carbocycles. The van der Waals surface area contributed by atoms with Crippen LogP contribution in [0, 0.1) is 0 Å². The lowest BCUT2D eigenvalue weighted by Crippen LogP contribution is -2.50. The van der Waals surface area contributed by atoms with Gasteiger partial charge >= 0.3 is 19.2 Å². The summed E-state index contributed by atoms with van der Waals surface area (Å²) in [4.78, 5) is 28.6. The largest absolute Gasteiger partial charge is 0.494 e. The molecule has 0 spiro atoms. The fraction of sp³-hybridized carbons (Fsp3) is 0.652. The van der Waals surface area contributed by atoms with Crippen LogP contribution in [0.4, 0.5) is 10.5 Å². The molecule has 1 aromatic rings. The minimum atomic E-state index is -0.591. The second-order valence-corrected chi connectivity index (χ2v) is 10.3. The summed E-state index contributed by atoms with van der Waals surface area (Å²) in [5.41, 5.74) is 0.554. The van der Waals surface area contributed by atoms with Gasteiger partial charge in [0, 0.05) is 31.9 Å². The minimum absolute atomic E-state index is 0.307. The smallest absolute Gasteiger partial charge is 0.465 e. The Morgan fingerprint density at radius 3 is 2.03 bits per heavy atom. The van der Waals surface area contributed by atoms with Gasteiger partial charge in [-0.2, -0.15) is 0 Å². The SMILES string of the molecule is COC(=O)c1cc(B2OC(C)(C)C(C)(C)O2)cc(N2CCN(C(=O)OC(C)(C)C)CC2)c1. The Kier molecular flexibility index (Phi) is 6.55. The Bertz CT molecular complexity index is 856. The summed E-state index contributed by atoms with van der Waals surface area (Å²) in [5.74, 6) is -0.419. The van der Waals surface area contributed by atoms with E-state index >= 15 is 0 Å². The molecule has 176 valence electrons. The predicted molar refractivity (Wildman–Crippen MR) is 124 cm³/mol. The van der Waals surface area contributed by atoms with Gasteiger partial charge in [-0.05, 0) is 72.1 Å². The Balaban J connectivity index is 1.81. The number of carbonyl (C=O) groups excluding carboxylic acids is 2. The third-order valence-electron chi connectivity index (χ3n) is 6.18. The number of benzene rings is 1. The quantitative estimate of drug-likeness (QED) is 0.522. The number of carbonyl (C=O) groups is 2. The molecule has 2 fully saturated rings. The number of anilines is 1. The molecule has 0 bridgehead atoms. The molecule has 0 radical (unpaired) electrons. The van der Waals surface area contributed by atoms with E-state index in [0.29, 0.717) is 31.7 Å². The topological polar surface area (TPSA) is 77.5 Å². The molecule has 2 aliphatic rings. The van der Waals surface area contributed by atoms with E-state index in [2.05, 4.69) is 4.90 Å². The van der Waals surface area contributed by atoms with Crippen molar-refractivity contribution >= 4 is 30.3 Å². The number of nitrogens with zero attached hydrogens (tertiary/aromatic N) is 2. The molecule has 0 aliphatic carbocycles. The van der Waals surface area contributed by atoms with E-state index in [1.807, 2.05) is 60.6 Å². The van der Waals surface area contributed by atoms with Crippen molar-refractivity contribution in [3.8, 4) is 0 Å². The molecule has 3 rings (SSSR count). The van der Waals surface area contributed by atoms with E-state index in [1.54, 1.807) is 11.0 Å². The fourth-order valence-corrected chi connectivity index (χ4v) is 3.64. The number of esters is 1. The van der Waals surface area contributed by atoms with Crippen molar-refractivity contribution in [3.63, 3.8) is 0 Å². The van der Waals surface area contributed by atoms with Crippen LogP contribution in [-0.4, -0.2) is 74.2 Å². The molecule has 0 N–H and O–H groups in total. The Labute approximate surface area is 191 Å². The number of hydrogen-bond donors (Lipinski definition) is 0. The number of rotatable bonds is 3.